The van der Waals surface area contributed by atoms with Crippen LogP contribution < -0.4 is 9.13 Å². The summed E-state index contributed by atoms with van der Waals surface area (Å²) in [5, 5.41) is 0. The van der Waals surface area contributed by atoms with E-state index in [1.165, 1.54) is 55.7 Å². The molecular weight excluding hydrogens is 484 g/mol. The van der Waals surface area contributed by atoms with Gasteiger partial charge in [0.1, 0.15) is 14.1 Å². The second kappa shape index (κ2) is 11.3. The minimum Gasteiger partial charge on any atom is -0.208 e. The molecule has 2 nitrogen and oxygen atoms in total. The van der Waals surface area contributed by atoms with E-state index in [0.717, 1.165) is 0 Å². The number of pyridine rings is 2. The lowest BCUT2D eigenvalue weighted by molar-refractivity contribution is -0.671. The topological polar surface area (TPSA) is 7.76 Å². The van der Waals surface area contributed by atoms with Crippen molar-refractivity contribution in [1.82, 2.24) is 0 Å². The molecule has 0 N–H and O–H groups in total. The number of hydrogen-bond donors (Lipinski definition) is 0. The number of nitrogens with zero attached hydrogens (tertiary/aromatic N) is 2. The molecule has 0 radical (unpaired) electrons. The van der Waals surface area contributed by atoms with Crippen LogP contribution in [0, 0.1) is 0 Å². The molecule has 0 aliphatic rings. The van der Waals surface area contributed by atoms with E-state index in [2.05, 4.69) is 167 Å². The van der Waals surface area contributed by atoms with Gasteiger partial charge in [-0.05, 0) is 55.7 Å². The summed E-state index contributed by atoms with van der Waals surface area (Å²) >= 11 is 0. The van der Waals surface area contributed by atoms with Gasteiger partial charge in [0.25, 0.3) is 0 Å². The molecular formula is C38H32N2+2. The van der Waals surface area contributed by atoms with E-state index < -0.39 is 0 Å². The van der Waals surface area contributed by atoms with Crippen LogP contribution in [-0.2, 0) is 14.1 Å². The van der Waals surface area contributed by atoms with Gasteiger partial charge >= 0.3 is 0 Å². The number of benzene rings is 4. The zero-order valence-electron chi connectivity index (χ0n) is 22.9. The van der Waals surface area contributed by atoms with Gasteiger partial charge in [-0.15, -0.1) is 0 Å². The Balaban J connectivity index is 1.54. The van der Waals surface area contributed by atoms with E-state index in [1.807, 2.05) is 14.1 Å². The number of hydrogen-bond acceptors (Lipinski definition) is 0. The van der Waals surface area contributed by atoms with E-state index in [4.69, 9.17) is 0 Å². The van der Waals surface area contributed by atoms with Gasteiger partial charge in [-0.3, -0.25) is 0 Å². The van der Waals surface area contributed by atoms with Crippen LogP contribution in [0.4, 0.5) is 0 Å². The first kappa shape index (κ1) is 25.2. The van der Waals surface area contributed by atoms with Gasteiger partial charge < -0.3 is 0 Å². The molecule has 4 aromatic carbocycles. The highest BCUT2D eigenvalue weighted by Gasteiger charge is 2.17. The first-order chi connectivity index (χ1) is 19.7. The highest BCUT2D eigenvalue weighted by atomic mass is 14.9. The molecule has 0 atom stereocenters. The second-order valence-electron chi connectivity index (χ2n) is 10.1. The van der Waals surface area contributed by atoms with Crippen LogP contribution in [0.15, 0.2) is 158 Å². The average molecular weight is 517 g/mol. The molecule has 192 valence electrons. The summed E-state index contributed by atoms with van der Waals surface area (Å²) in [4.78, 5) is 0. The van der Waals surface area contributed by atoms with E-state index in [1.54, 1.807) is 0 Å². The third-order valence-corrected chi connectivity index (χ3v) is 7.35. The quantitative estimate of drug-likeness (QED) is 0.158. The van der Waals surface area contributed by atoms with E-state index in [-0.39, 0.29) is 0 Å². The van der Waals surface area contributed by atoms with Crippen LogP contribution in [0.25, 0.3) is 33.4 Å². The fraction of sp³-hybridized carbons (Fsp3) is 0.0526. The molecule has 0 bridgehead atoms. The zero-order chi connectivity index (χ0) is 27.3. The fourth-order valence-corrected chi connectivity index (χ4v) is 5.17. The molecule has 6 rings (SSSR count). The van der Waals surface area contributed by atoms with E-state index in [0.29, 0.717) is 0 Å². The molecule has 6 aromatic rings. The second-order valence-corrected chi connectivity index (χ2v) is 10.1. The zero-order valence-corrected chi connectivity index (χ0v) is 22.9. The standard InChI is InChI=1S/C38H32N2/c1-39-25-21-31(22-26-39)29-13-17-35(18-14-29)38(36-19-15-30(16-20-36)32-23-27-40(2)28-24-32)37(33-9-5-3-6-10-33)34-11-7-4-8-12-34/h3-28H,1-2H3/q+2. The summed E-state index contributed by atoms with van der Waals surface area (Å²) in [7, 11) is 4.09. The third-order valence-electron chi connectivity index (χ3n) is 7.35. The summed E-state index contributed by atoms with van der Waals surface area (Å²) in [6.07, 6.45) is 8.36. The first-order valence-electron chi connectivity index (χ1n) is 13.6. The van der Waals surface area contributed by atoms with Crippen molar-refractivity contribution in [3.63, 3.8) is 0 Å². The summed E-state index contributed by atoms with van der Waals surface area (Å²) in [5.74, 6) is 0. The molecule has 2 aromatic heterocycles. The number of rotatable bonds is 6. The maximum absolute atomic E-state index is 2.26. The fourth-order valence-electron chi connectivity index (χ4n) is 5.17. The van der Waals surface area contributed by atoms with Crippen molar-refractivity contribution in [3.8, 4) is 22.3 Å². The summed E-state index contributed by atoms with van der Waals surface area (Å²) in [5.41, 5.74) is 12.0. The molecule has 0 aliphatic carbocycles. The molecule has 0 saturated heterocycles. The Kier molecular flexibility index (Phi) is 7.15. The molecule has 0 aliphatic heterocycles. The summed E-state index contributed by atoms with van der Waals surface area (Å²) < 4.78 is 4.12. The molecule has 0 spiro atoms. The Morgan fingerprint density at radius 3 is 0.925 bits per heavy atom. The van der Waals surface area contributed by atoms with Crippen LogP contribution >= 0.6 is 0 Å². The van der Waals surface area contributed by atoms with Gasteiger partial charge in [0.15, 0.2) is 24.8 Å². The minimum atomic E-state index is 1.19. The molecule has 2 heteroatoms. The van der Waals surface area contributed by atoms with Gasteiger partial charge in [-0.1, -0.05) is 109 Å². The summed E-state index contributed by atoms with van der Waals surface area (Å²) in [6, 6.07) is 48.1. The number of aryl methyl sites for hydroxylation is 2. The van der Waals surface area contributed by atoms with Crippen molar-refractivity contribution in [1.29, 1.82) is 0 Å². The maximum Gasteiger partial charge on any atom is 0.169 e. The van der Waals surface area contributed by atoms with Crippen LogP contribution in [0.5, 0.6) is 0 Å². The van der Waals surface area contributed by atoms with Gasteiger partial charge in [0, 0.05) is 24.3 Å². The lowest BCUT2D eigenvalue weighted by Gasteiger charge is -2.19. The molecule has 0 saturated carbocycles. The highest BCUT2D eigenvalue weighted by molar-refractivity contribution is 6.04. The van der Waals surface area contributed by atoms with Crippen LogP contribution in [0.3, 0.4) is 0 Å². The Labute approximate surface area is 236 Å². The average Bonchev–Trinajstić information content (AvgIpc) is 3.02. The monoisotopic (exact) mass is 516 g/mol. The minimum absolute atomic E-state index is 1.19. The Morgan fingerprint density at radius 2 is 0.600 bits per heavy atom. The molecule has 40 heavy (non-hydrogen) atoms. The van der Waals surface area contributed by atoms with Gasteiger partial charge in [0.05, 0.1) is 0 Å². The Morgan fingerprint density at radius 1 is 0.325 bits per heavy atom. The van der Waals surface area contributed by atoms with Crippen LogP contribution in [-0.4, -0.2) is 0 Å². The summed E-state index contributed by atoms with van der Waals surface area (Å²) in [6.45, 7) is 0. The van der Waals surface area contributed by atoms with Crippen molar-refractivity contribution in [2.24, 2.45) is 14.1 Å². The molecule has 0 fully saturated rings. The Bertz CT molecular complexity index is 1600. The number of aromatic nitrogens is 2. The molecule has 2 heterocycles. The molecule has 0 unspecified atom stereocenters. The van der Waals surface area contributed by atoms with Gasteiger partial charge in [-0.2, -0.15) is 0 Å². The highest BCUT2D eigenvalue weighted by Crippen LogP contribution is 2.38. The smallest absolute Gasteiger partial charge is 0.169 e. The lowest BCUT2D eigenvalue weighted by atomic mass is 9.85. The predicted molar refractivity (Wildman–Crippen MR) is 164 cm³/mol. The van der Waals surface area contributed by atoms with Crippen molar-refractivity contribution >= 4 is 11.1 Å². The largest absolute Gasteiger partial charge is 0.208 e. The predicted octanol–water partition coefficient (Wildman–Crippen LogP) is 7.68. The lowest BCUT2D eigenvalue weighted by Crippen LogP contribution is -2.25. The SMILES string of the molecule is C[n+]1ccc(-c2ccc(C(=C(c3ccccc3)c3ccccc3)c3ccc(-c4cc[n+](C)cc4)cc3)cc2)cc1. The van der Waals surface area contributed by atoms with E-state index >= 15 is 0 Å². The Hall–Kier alpha value is -5.08. The van der Waals surface area contributed by atoms with Crippen molar-refractivity contribution in [3.05, 3.63) is 181 Å². The van der Waals surface area contributed by atoms with Gasteiger partial charge in [0.2, 0.25) is 0 Å². The van der Waals surface area contributed by atoms with Gasteiger partial charge in [-0.25, -0.2) is 9.13 Å². The molecule has 0 amide bonds. The van der Waals surface area contributed by atoms with Crippen molar-refractivity contribution < 1.29 is 9.13 Å². The first-order valence-corrected chi connectivity index (χ1v) is 13.6. The van der Waals surface area contributed by atoms with Crippen molar-refractivity contribution in [2.75, 3.05) is 0 Å². The van der Waals surface area contributed by atoms with E-state index in [9.17, 15) is 0 Å². The maximum atomic E-state index is 2.26. The normalized spacial score (nSPS) is 10.8. The van der Waals surface area contributed by atoms with Crippen molar-refractivity contribution in [2.45, 2.75) is 0 Å². The van der Waals surface area contributed by atoms with Crippen LogP contribution in [0.2, 0.25) is 0 Å². The van der Waals surface area contributed by atoms with Crippen LogP contribution in [0.1, 0.15) is 22.3 Å². The third kappa shape index (κ3) is 5.39.